The van der Waals surface area contributed by atoms with E-state index in [1.54, 1.807) is 0 Å². The zero-order valence-corrected chi connectivity index (χ0v) is 16.7. The van der Waals surface area contributed by atoms with Crippen molar-refractivity contribution in [3.8, 4) is 0 Å². The molecule has 4 atom stereocenters. The number of carbonyl (C=O) groups excluding carboxylic acids is 1. The van der Waals surface area contributed by atoms with Crippen molar-refractivity contribution in [1.29, 1.82) is 0 Å². The van der Waals surface area contributed by atoms with Gasteiger partial charge in [-0.05, 0) is 5.56 Å². The van der Waals surface area contributed by atoms with Crippen LogP contribution in [0.1, 0.15) is 18.4 Å². The first-order chi connectivity index (χ1) is 11.7. The molecule has 1 aromatic rings. The third-order valence-electron chi connectivity index (χ3n) is 4.94. The lowest BCUT2D eigenvalue weighted by Gasteiger charge is -2.40. The Morgan fingerprint density at radius 3 is 2.00 bits per heavy atom. The molecule has 0 saturated heterocycles. The summed E-state index contributed by atoms with van der Waals surface area (Å²) >= 11 is 26.9. The monoisotopic (exact) mass is 424 g/mol. The fraction of sp³-hybridized carbons (Fsp3) is 0.471. The van der Waals surface area contributed by atoms with Crippen molar-refractivity contribution in [3.63, 3.8) is 0 Å². The zero-order valence-electron chi connectivity index (χ0n) is 13.7. The van der Waals surface area contributed by atoms with Crippen LogP contribution < -0.4 is 0 Å². The van der Waals surface area contributed by atoms with Gasteiger partial charge in [-0.25, -0.2) is 0 Å². The summed E-state index contributed by atoms with van der Waals surface area (Å²) < 4.78 is 16.9. The molecule has 2 bridgehead atoms. The molecule has 0 spiro atoms. The minimum Gasteiger partial charge on any atom is -0.459 e. The molecule has 4 nitrogen and oxygen atoms in total. The largest absolute Gasteiger partial charge is 0.459 e. The average molecular weight is 426 g/mol. The summed E-state index contributed by atoms with van der Waals surface area (Å²) in [5.74, 6) is -2.79. The summed E-state index contributed by atoms with van der Waals surface area (Å²) in [4.78, 5) is 8.71. The van der Waals surface area contributed by atoms with E-state index in [1.807, 2.05) is 30.3 Å². The Bertz CT molecular complexity index is 733. The topological polar surface area (TPSA) is 44.8 Å². The Morgan fingerprint density at radius 1 is 1.00 bits per heavy atom. The molecule has 0 aliphatic heterocycles. The molecule has 0 N–H and O–H groups in total. The minimum atomic E-state index is -1.63. The molecule has 0 radical (unpaired) electrons. The second-order valence-electron chi connectivity index (χ2n) is 5.99. The van der Waals surface area contributed by atoms with E-state index in [0.29, 0.717) is 0 Å². The number of hydrogen-bond donors (Lipinski definition) is 0. The molecule has 8 heteroatoms. The molecule has 25 heavy (non-hydrogen) atoms. The Labute approximate surface area is 165 Å². The predicted molar refractivity (Wildman–Crippen MR) is 97.4 cm³/mol. The van der Waals surface area contributed by atoms with Crippen molar-refractivity contribution in [2.24, 2.45) is 0 Å². The number of halogens is 4. The van der Waals surface area contributed by atoms with Crippen molar-refractivity contribution in [2.75, 3.05) is 14.2 Å². The van der Waals surface area contributed by atoms with E-state index in [1.165, 1.54) is 21.1 Å². The SMILES string of the molecule is COC1(OC)[C@@]2(Cl)C(Cl)=C(Cl)[C@]1(Cl)[C@H](c1ccccc1)[C@@H]2OC(C)=O. The first kappa shape index (κ1) is 19.3. The van der Waals surface area contributed by atoms with Gasteiger partial charge >= 0.3 is 5.97 Å². The molecular weight excluding hydrogens is 410 g/mol. The number of alkyl halides is 2. The maximum Gasteiger partial charge on any atom is 0.303 e. The number of carbonyl (C=O) groups is 1. The molecule has 2 aliphatic rings. The first-order valence-electron chi connectivity index (χ1n) is 7.48. The maximum atomic E-state index is 11.8. The van der Waals surface area contributed by atoms with Crippen LogP contribution in [0.3, 0.4) is 0 Å². The summed E-state index contributed by atoms with van der Waals surface area (Å²) in [7, 11) is 2.80. The number of rotatable bonds is 4. The Morgan fingerprint density at radius 2 is 1.52 bits per heavy atom. The zero-order chi connectivity index (χ0) is 18.6. The summed E-state index contributed by atoms with van der Waals surface area (Å²) in [5.41, 5.74) is 0.770. The summed E-state index contributed by atoms with van der Waals surface area (Å²) in [6.07, 6.45) is -0.943. The lowest BCUT2D eigenvalue weighted by atomic mass is 9.83. The van der Waals surface area contributed by atoms with Gasteiger partial charge < -0.3 is 14.2 Å². The molecule has 0 unspecified atom stereocenters. The standard InChI is InChI=1S/C17H16Cl4O4/c1-9(22)25-14-11(10-7-5-4-6-8-10)15(20)12(18)13(19)16(14,21)17(15,23-2)24-3/h4-8,11,14H,1-3H3/t11-,14+,15-,16-/m1/s1. The number of esters is 1. The van der Waals surface area contributed by atoms with Crippen molar-refractivity contribution in [2.45, 2.75) is 34.5 Å². The van der Waals surface area contributed by atoms with Gasteiger partial charge in [-0.3, -0.25) is 4.79 Å². The average Bonchev–Trinajstić information content (AvgIpc) is 2.84. The van der Waals surface area contributed by atoms with E-state index < -0.39 is 33.5 Å². The predicted octanol–water partition coefficient (Wildman–Crippen LogP) is 4.36. The van der Waals surface area contributed by atoms with Gasteiger partial charge in [-0.1, -0.05) is 53.5 Å². The molecule has 2 aliphatic carbocycles. The van der Waals surface area contributed by atoms with Crippen LogP contribution in [-0.2, 0) is 19.0 Å². The van der Waals surface area contributed by atoms with Crippen LogP contribution in [0.4, 0.5) is 0 Å². The summed E-state index contributed by atoms with van der Waals surface area (Å²) in [6, 6.07) is 9.24. The molecule has 0 amide bonds. The lowest BCUT2D eigenvalue weighted by Crippen LogP contribution is -2.58. The van der Waals surface area contributed by atoms with Crippen LogP contribution in [0.15, 0.2) is 40.4 Å². The smallest absolute Gasteiger partial charge is 0.303 e. The van der Waals surface area contributed by atoms with Crippen LogP contribution in [-0.4, -0.2) is 41.8 Å². The van der Waals surface area contributed by atoms with Gasteiger partial charge in [0.05, 0.1) is 16.0 Å². The highest BCUT2D eigenvalue weighted by Crippen LogP contribution is 2.74. The number of ether oxygens (including phenoxy) is 3. The van der Waals surface area contributed by atoms with E-state index >= 15 is 0 Å². The van der Waals surface area contributed by atoms with E-state index in [4.69, 9.17) is 60.6 Å². The minimum absolute atomic E-state index is 0.0490. The van der Waals surface area contributed by atoms with E-state index in [9.17, 15) is 4.79 Å². The van der Waals surface area contributed by atoms with Crippen molar-refractivity contribution >= 4 is 52.4 Å². The molecule has 0 aromatic heterocycles. The molecule has 1 saturated carbocycles. The molecular formula is C17H16Cl4O4. The Hall–Kier alpha value is -0.490. The maximum absolute atomic E-state index is 11.8. The number of hydrogen-bond acceptors (Lipinski definition) is 4. The summed E-state index contributed by atoms with van der Waals surface area (Å²) in [5, 5.41) is 0.166. The molecule has 1 fully saturated rings. The van der Waals surface area contributed by atoms with Crippen LogP contribution >= 0.6 is 46.4 Å². The van der Waals surface area contributed by atoms with Gasteiger partial charge in [-0.15, -0.1) is 23.2 Å². The second-order valence-corrected chi connectivity index (χ2v) is 7.94. The first-order valence-corrected chi connectivity index (χ1v) is 9.00. The fourth-order valence-corrected chi connectivity index (χ4v) is 6.16. The van der Waals surface area contributed by atoms with Crippen LogP contribution in [0, 0.1) is 0 Å². The van der Waals surface area contributed by atoms with Crippen molar-refractivity contribution in [3.05, 3.63) is 46.0 Å². The van der Waals surface area contributed by atoms with Crippen molar-refractivity contribution < 1.29 is 19.0 Å². The third kappa shape index (κ3) is 2.13. The van der Waals surface area contributed by atoms with E-state index in [0.717, 1.165) is 5.56 Å². The lowest BCUT2D eigenvalue weighted by molar-refractivity contribution is -0.222. The van der Waals surface area contributed by atoms with Crippen LogP contribution in [0.5, 0.6) is 0 Å². The normalized spacial score (nSPS) is 36.0. The molecule has 136 valence electrons. The van der Waals surface area contributed by atoms with E-state index in [2.05, 4.69) is 0 Å². The molecule has 0 heterocycles. The quantitative estimate of drug-likeness (QED) is 0.408. The van der Waals surface area contributed by atoms with Crippen LogP contribution in [0.25, 0.3) is 0 Å². The highest BCUT2D eigenvalue weighted by atomic mass is 35.5. The fourth-order valence-electron chi connectivity index (χ4n) is 4.04. The molecule has 1 aromatic carbocycles. The van der Waals surface area contributed by atoms with Gasteiger partial charge in [0.2, 0.25) is 5.79 Å². The third-order valence-corrected chi connectivity index (χ3v) is 7.53. The van der Waals surface area contributed by atoms with Gasteiger partial charge in [0.25, 0.3) is 0 Å². The highest BCUT2D eigenvalue weighted by Gasteiger charge is 2.86. The van der Waals surface area contributed by atoms with Crippen molar-refractivity contribution in [1.82, 2.24) is 0 Å². The van der Waals surface area contributed by atoms with E-state index in [-0.39, 0.29) is 10.1 Å². The number of fused-ring (bicyclic) bond motifs is 2. The summed E-state index contributed by atoms with van der Waals surface area (Å²) in [6.45, 7) is 1.29. The molecule has 3 rings (SSSR count). The Kier molecular flexibility index (Phi) is 4.85. The van der Waals surface area contributed by atoms with Gasteiger partial charge in [0.15, 0.2) is 4.87 Å². The van der Waals surface area contributed by atoms with Crippen LogP contribution in [0.2, 0.25) is 0 Å². The second kappa shape index (κ2) is 6.29. The number of methoxy groups -OCH3 is 2. The number of benzene rings is 1. The van der Waals surface area contributed by atoms with Gasteiger partial charge in [-0.2, -0.15) is 0 Å². The van der Waals surface area contributed by atoms with Gasteiger partial charge in [0, 0.05) is 21.1 Å². The van der Waals surface area contributed by atoms with Gasteiger partial charge in [0.1, 0.15) is 11.0 Å². The highest BCUT2D eigenvalue weighted by molar-refractivity contribution is 6.52. The Balaban J connectivity index is 2.33.